The van der Waals surface area contributed by atoms with E-state index in [-0.39, 0.29) is 17.5 Å². The third-order valence-corrected chi connectivity index (χ3v) is 4.67. The van der Waals surface area contributed by atoms with Crippen LogP contribution in [0.5, 0.6) is 0 Å². The van der Waals surface area contributed by atoms with Crippen molar-refractivity contribution in [3.05, 3.63) is 28.8 Å². The molecular formula is C17H23ClN2O3. The number of rotatable bonds is 4. The fraction of sp³-hybridized carbons (Fsp3) is 0.529. The average molecular weight is 339 g/mol. The second-order valence-electron chi connectivity index (χ2n) is 6.16. The number of hydrogen-bond donors (Lipinski definition) is 2. The summed E-state index contributed by atoms with van der Waals surface area (Å²) in [5.74, 6) is -0.404. The molecule has 0 radical (unpaired) electrons. The highest BCUT2D eigenvalue weighted by Crippen LogP contribution is 2.24. The van der Waals surface area contributed by atoms with Gasteiger partial charge in [0.25, 0.3) is 5.91 Å². The van der Waals surface area contributed by atoms with Crippen LogP contribution in [0.1, 0.15) is 49.9 Å². The molecule has 0 heterocycles. The van der Waals surface area contributed by atoms with Crippen LogP contribution in [0.15, 0.2) is 18.2 Å². The molecule has 0 aliphatic heterocycles. The lowest BCUT2D eigenvalue weighted by atomic mass is 9.86. The number of carbonyl (C=O) groups is 2. The van der Waals surface area contributed by atoms with Crippen molar-refractivity contribution in [3.8, 4) is 0 Å². The van der Waals surface area contributed by atoms with Gasteiger partial charge >= 0.3 is 5.97 Å². The van der Waals surface area contributed by atoms with Crippen molar-refractivity contribution < 1.29 is 14.3 Å². The second kappa shape index (κ2) is 7.68. The number of hydrogen-bond acceptors (Lipinski definition) is 4. The molecule has 5 nitrogen and oxygen atoms in total. The maximum absolute atomic E-state index is 12.2. The van der Waals surface area contributed by atoms with Crippen LogP contribution in [0, 0.1) is 5.92 Å². The minimum atomic E-state index is -0.853. The summed E-state index contributed by atoms with van der Waals surface area (Å²) in [6.07, 6.45) is 3.56. The van der Waals surface area contributed by atoms with Gasteiger partial charge in [0.1, 0.15) is 0 Å². The van der Waals surface area contributed by atoms with Crippen LogP contribution in [-0.2, 0) is 9.53 Å². The summed E-state index contributed by atoms with van der Waals surface area (Å²) < 4.78 is 5.22. The number of nitrogens with one attached hydrogen (secondary N) is 1. The first-order chi connectivity index (χ1) is 10.9. The Morgan fingerprint density at radius 2 is 2.04 bits per heavy atom. The largest absolute Gasteiger partial charge is 0.449 e. The number of amides is 1. The Morgan fingerprint density at radius 3 is 2.70 bits per heavy atom. The molecule has 1 aliphatic rings. The second-order valence-corrected chi connectivity index (χ2v) is 6.57. The van der Waals surface area contributed by atoms with Gasteiger partial charge in [0.2, 0.25) is 0 Å². The topological polar surface area (TPSA) is 81.4 Å². The number of carbonyl (C=O) groups excluding carboxylic acids is 2. The molecule has 1 fully saturated rings. The van der Waals surface area contributed by atoms with E-state index in [1.54, 1.807) is 6.92 Å². The molecule has 1 aromatic carbocycles. The summed E-state index contributed by atoms with van der Waals surface area (Å²) in [7, 11) is 0. The summed E-state index contributed by atoms with van der Waals surface area (Å²) in [6.45, 7) is 3.71. The van der Waals surface area contributed by atoms with Gasteiger partial charge in [0.05, 0.1) is 16.3 Å². The first kappa shape index (κ1) is 17.6. The van der Waals surface area contributed by atoms with Gasteiger partial charge in [0, 0.05) is 6.04 Å². The van der Waals surface area contributed by atoms with Crippen molar-refractivity contribution in [1.82, 2.24) is 5.32 Å². The lowest BCUT2D eigenvalue weighted by Gasteiger charge is -2.30. The monoisotopic (exact) mass is 338 g/mol. The normalized spacial score (nSPS) is 22.2. The van der Waals surface area contributed by atoms with E-state index in [0.717, 1.165) is 19.3 Å². The first-order valence-corrected chi connectivity index (χ1v) is 8.32. The molecule has 0 aromatic heterocycles. The van der Waals surface area contributed by atoms with E-state index in [2.05, 4.69) is 12.2 Å². The Morgan fingerprint density at radius 1 is 1.35 bits per heavy atom. The summed E-state index contributed by atoms with van der Waals surface area (Å²) in [5.41, 5.74) is 6.24. The maximum Gasteiger partial charge on any atom is 0.338 e. The molecule has 2 rings (SSSR count). The summed E-state index contributed by atoms with van der Waals surface area (Å²) in [6, 6.07) is 4.65. The van der Waals surface area contributed by atoms with Gasteiger partial charge in [-0.2, -0.15) is 0 Å². The third-order valence-electron chi connectivity index (χ3n) is 4.32. The highest BCUT2D eigenvalue weighted by molar-refractivity contribution is 6.33. The van der Waals surface area contributed by atoms with Crippen LogP contribution in [0.2, 0.25) is 5.02 Å². The molecule has 1 amide bonds. The van der Waals surface area contributed by atoms with E-state index in [4.69, 9.17) is 22.1 Å². The third kappa shape index (κ3) is 4.61. The van der Waals surface area contributed by atoms with Gasteiger partial charge in [-0.15, -0.1) is 0 Å². The molecule has 3 N–H and O–H groups in total. The Labute approximate surface area is 141 Å². The van der Waals surface area contributed by atoms with Gasteiger partial charge in [-0.25, -0.2) is 4.79 Å². The van der Waals surface area contributed by atoms with Crippen molar-refractivity contribution in [1.29, 1.82) is 0 Å². The van der Waals surface area contributed by atoms with Gasteiger partial charge in [-0.1, -0.05) is 31.4 Å². The van der Waals surface area contributed by atoms with Crippen molar-refractivity contribution in [2.45, 2.75) is 51.7 Å². The molecule has 0 bridgehead atoms. The average Bonchev–Trinajstić information content (AvgIpc) is 2.52. The minimum absolute atomic E-state index is 0.156. The van der Waals surface area contributed by atoms with E-state index < -0.39 is 12.1 Å². The van der Waals surface area contributed by atoms with Crippen LogP contribution in [0.4, 0.5) is 5.69 Å². The maximum atomic E-state index is 12.2. The highest BCUT2D eigenvalue weighted by Gasteiger charge is 2.26. The van der Waals surface area contributed by atoms with E-state index in [9.17, 15) is 9.59 Å². The summed E-state index contributed by atoms with van der Waals surface area (Å²) in [5, 5.41) is 3.36. The quantitative estimate of drug-likeness (QED) is 0.652. The Hall–Kier alpha value is -1.75. The van der Waals surface area contributed by atoms with Crippen LogP contribution in [0.3, 0.4) is 0 Å². The molecule has 23 heavy (non-hydrogen) atoms. The lowest BCUT2D eigenvalue weighted by Crippen LogP contribution is -2.45. The zero-order valence-electron chi connectivity index (χ0n) is 13.5. The van der Waals surface area contributed by atoms with E-state index in [1.807, 2.05) is 0 Å². The van der Waals surface area contributed by atoms with Crippen molar-refractivity contribution in [2.24, 2.45) is 5.92 Å². The SMILES string of the molecule is C[C@@H]1CCCC[C@@H]1NC(=O)[C@@H](C)OC(=O)c1ccc(Cl)c(N)c1. The molecule has 126 valence electrons. The van der Waals surface area contributed by atoms with Crippen LogP contribution < -0.4 is 11.1 Å². The van der Waals surface area contributed by atoms with Crippen LogP contribution in [0.25, 0.3) is 0 Å². The van der Waals surface area contributed by atoms with E-state index >= 15 is 0 Å². The van der Waals surface area contributed by atoms with E-state index in [0.29, 0.717) is 16.6 Å². The van der Waals surface area contributed by atoms with Crippen molar-refractivity contribution >= 4 is 29.2 Å². The molecular weight excluding hydrogens is 316 g/mol. The molecule has 1 saturated carbocycles. The number of ether oxygens (including phenoxy) is 1. The minimum Gasteiger partial charge on any atom is -0.449 e. The number of benzene rings is 1. The zero-order valence-corrected chi connectivity index (χ0v) is 14.2. The van der Waals surface area contributed by atoms with Gasteiger partial charge in [-0.3, -0.25) is 4.79 Å². The molecule has 0 spiro atoms. The Kier molecular flexibility index (Phi) is 5.88. The molecule has 0 saturated heterocycles. The summed E-state index contributed by atoms with van der Waals surface area (Å²) in [4.78, 5) is 24.3. The lowest BCUT2D eigenvalue weighted by molar-refractivity contribution is -0.130. The fourth-order valence-corrected chi connectivity index (χ4v) is 2.90. The number of halogens is 1. The van der Waals surface area contributed by atoms with Gasteiger partial charge in [0.15, 0.2) is 6.10 Å². The number of anilines is 1. The Bertz CT molecular complexity index is 591. The predicted octanol–water partition coefficient (Wildman–Crippen LogP) is 3.16. The van der Waals surface area contributed by atoms with Gasteiger partial charge in [-0.05, 0) is 43.9 Å². The van der Waals surface area contributed by atoms with Crippen molar-refractivity contribution in [2.75, 3.05) is 5.73 Å². The van der Waals surface area contributed by atoms with Crippen molar-refractivity contribution in [3.63, 3.8) is 0 Å². The highest BCUT2D eigenvalue weighted by atomic mass is 35.5. The molecule has 0 unspecified atom stereocenters. The summed E-state index contributed by atoms with van der Waals surface area (Å²) >= 11 is 5.82. The number of esters is 1. The fourth-order valence-electron chi connectivity index (χ4n) is 2.78. The zero-order chi connectivity index (χ0) is 17.0. The molecule has 3 atom stereocenters. The molecule has 1 aromatic rings. The smallest absolute Gasteiger partial charge is 0.338 e. The number of nitrogen functional groups attached to an aromatic ring is 1. The molecule has 1 aliphatic carbocycles. The van der Waals surface area contributed by atoms with Crippen LogP contribution in [-0.4, -0.2) is 24.0 Å². The van der Waals surface area contributed by atoms with Crippen LogP contribution >= 0.6 is 11.6 Å². The first-order valence-electron chi connectivity index (χ1n) is 7.95. The predicted molar refractivity (Wildman–Crippen MR) is 90.3 cm³/mol. The Balaban J connectivity index is 1.92. The van der Waals surface area contributed by atoms with Gasteiger partial charge < -0.3 is 15.8 Å². The standard InChI is InChI=1S/C17H23ClN2O3/c1-10-5-3-4-6-15(10)20-16(21)11(2)23-17(22)12-7-8-13(18)14(19)9-12/h7-11,15H,3-6,19H2,1-2H3,(H,20,21)/t10-,11-,15+/m1/s1. The number of nitrogens with two attached hydrogens (primary N) is 1. The molecule has 6 heteroatoms. The van der Waals surface area contributed by atoms with E-state index in [1.165, 1.54) is 24.6 Å².